The number of amides is 1. The fraction of sp³-hybridized carbons (Fsp3) is 0.571. The van der Waals surface area contributed by atoms with Crippen molar-refractivity contribution >= 4 is 17.3 Å². The van der Waals surface area contributed by atoms with Gasteiger partial charge in [0, 0.05) is 37.4 Å². The van der Waals surface area contributed by atoms with Gasteiger partial charge in [-0.1, -0.05) is 0 Å². The molecule has 0 radical (unpaired) electrons. The normalized spacial score (nSPS) is 22.3. The highest BCUT2D eigenvalue weighted by molar-refractivity contribution is 5.95. The summed E-state index contributed by atoms with van der Waals surface area (Å²) in [6.07, 6.45) is 7.14. The van der Waals surface area contributed by atoms with Crippen LogP contribution in [0.25, 0.3) is 0 Å². The molecule has 8 nitrogen and oxygen atoms in total. The predicted molar refractivity (Wildman–Crippen MR) is 140 cm³/mol. The van der Waals surface area contributed by atoms with Gasteiger partial charge in [-0.3, -0.25) is 4.79 Å². The maximum absolute atomic E-state index is 12.6. The Bertz CT molecular complexity index is 1010. The Balaban J connectivity index is 1.11. The number of aromatic nitrogens is 1. The number of carbonyl (C=O) groups excluding carboxylic acids is 1. The number of ether oxygens (including phenoxy) is 3. The number of anilines is 2. The summed E-state index contributed by atoms with van der Waals surface area (Å²) in [5.41, 5.74) is 1.67. The van der Waals surface area contributed by atoms with Crippen LogP contribution in [0, 0.1) is 0 Å². The van der Waals surface area contributed by atoms with E-state index in [0.717, 1.165) is 63.0 Å². The van der Waals surface area contributed by atoms with Gasteiger partial charge >= 0.3 is 0 Å². The number of rotatable bonds is 8. The van der Waals surface area contributed by atoms with Gasteiger partial charge in [0.2, 0.25) is 5.88 Å². The maximum atomic E-state index is 12.6. The molecule has 36 heavy (non-hydrogen) atoms. The van der Waals surface area contributed by atoms with Gasteiger partial charge in [-0.2, -0.15) is 0 Å². The number of piperidine rings is 1. The Morgan fingerprint density at radius 2 is 1.86 bits per heavy atom. The molecule has 2 aromatic rings. The number of likely N-dealkylation sites (tertiary alicyclic amines) is 1. The zero-order valence-corrected chi connectivity index (χ0v) is 21.5. The first-order valence-corrected chi connectivity index (χ1v) is 13.2. The lowest BCUT2D eigenvalue weighted by atomic mass is 9.88. The van der Waals surface area contributed by atoms with E-state index in [1.807, 2.05) is 11.0 Å². The minimum Gasteiger partial charge on any atom is -0.494 e. The number of hydrogen-bond donors (Lipinski definition) is 0. The third kappa shape index (κ3) is 5.60. The van der Waals surface area contributed by atoms with E-state index in [0.29, 0.717) is 12.4 Å². The fourth-order valence-electron chi connectivity index (χ4n) is 5.61. The molecule has 0 bridgehead atoms. The molecule has 1 aromatic carbocycles. The van der Waals surface area contributed by atoms with E-state index < -0.39 is 0 Å². The molecule has 1 atom stereocenters. The van der Waals surface area contributed by atoms with Crippen molar-refractivity contribution in [2.45, 2.75) is 50.7 Å². The summed E-state index contributed by atoms with van der Waals surface area (Å²) in [4.78, 5) is 23.6. The van der Waals surface area contributed by atoms with E-state index in [4.69, 9.17) is 14.2 Å². The third-order valence-corrected chi connectivity index (χ3v) is 7.92. The van der Waals surface area contributed by atoms with Gasteiger partial charge in [0.25, 0.3) is 5.91 Å². The van der Waals surface area contributed by atoms with Crippen molar-refractivity contribution < 1.29 is 19.0 Å². The summed E-state index contributed by atoms with van der Waals surface area (Å²) in [7, 11) is 1.59. The number of pyridine rings is 1. The molecule has 3 saturated heterocycles. The Labute approximate surface area is 214 Å². The summed E-state index contributed by atoms with van der Waals surface area (Å²) < 4.78 is 17.3. The van der Waals surface area contributed by atoms with Gasteiger partial charge in [-0.15, -0.1) is 0 Å². The van der Waals surface area contributed by atoms with Crippen molar-refractivity contribution in [2.75, 3.05) is 62.8 Å². The van der Waals surface area contributed by atoms with Crippen molar-refractivity contribution in [2.24, 2.45) is 0 Å². The molecule has 8 heteroatoms. The van der Waals surface area contributed by atoms with E-state index in [1.165, 1.54) is 25.1 Å². The monoisotopic (exact) mass is 494 g/mol. The highest BCUT2D eigenvalue weighted by Gasteiger charge is 2.42. The highest BCUT2D eigenvalue weighted by Crippen LogP contribution is 2.34. The lowest BCUT2D eigenvalue weighted by molar-refractivity contribution is -0.141. The first-order valence-electron chi connectivity index (χ1n) is 13.2. The van der Waals surface area contributed by atoms with Crippen LogP contribution >= 0.6 is 0 Å². The van der Waals surface area contributed by atoms with Gasteiger partial charge < -0.3 is 28.9 Å². The molecule has 0 aliphatic carbocycles. The Hall–Kier alpha value is -2.84. The molecular weight excluding hydrogens is 456 g/mol. The van der Waals surface area contributed by atoms with Gasteiger partial charge in [-0.25, -0.2) is 4.98 Å². The summed E-state index contributed by atoms with van der Waals surface area (Å²) in [6.45, 7) is 7.86. The zero-order chi connectivity index (χ0) is 25.0. The van der Waals surface area contributed by atoms with Crippen LogP contribution in [-0.4, -0.2) is 80.5 Å². The van der Waals surface area contributed by atoms with Crippen LogP contribution in [0.1, 0.15) is 39.0 Å². The molecule has 3 fully saturated rings. The minimum atomic E-state index is -0.319. The van der Waals surface area contributed by atoms with Gasteiger partial charge in [0.15, 0.2) is 0 Å². The average Bonchev–Trinajstić information content (AvgIpc) is 3.33. The first kappa shape index (κ1) is 24.8. The van der Waals surface area contributed by atoms with Crippen molar-refractivity contribution in [3.05, 3.63) is 42.6 Å². The van der Waals surface area contributed by atoms with Crippen molar-refractivity contribution in [3.63, 3.8) is 0 Å². The van der Waals surface area contributed by atoms with Crippen LogP contribution in [0.2, 0.25) is 0 Å². The number of methoxy groups -OCH3 is 1. The van der Waals surface area contributed by atoms with Gasteiger partial charge in [0.05, 0.1) is 37.7 Å². The lowest BCUT2D eigenvalue weighted by Gasteiger charge is -2.47. The lowest BCUT2D eigenvalue weighted by Crippen LogP contribution is -2.59. The Morgan fingerprint density at radius 3 is 2.53 bits per heavy atom. The maximum Gasteiger partial charge on any atom is 0.253 e. The fourth-order valence-corrected chi connectivity index (χ4v) is 5.61. The van der Waals surface area contributed by atoms with Crippen LogP contribution in [-0.2, 0) is 9.53 Å². The second-order valence-corrected chi connectivity index (χ2v) is 10.2. The van der Waals surface area contributed by atoms with Crippen LogP contribution < -0.4 is 19.3 Å². The van der Waals surface area contributed by atoms with Crippen molar-refractivity contribution in [1.82, 2.24) is 9.88 Å². The molecular formula is C28H38N4O4. The third-order valence-electron chi connectivity index (χ3n) is 7.92. The molecule has 3 aliphatic heterocycles. The van der Waals surface area contributed by atoms with Gasteiger partial charge in [-0.05, 0) is 75.9 Å². The van der Waals surface area contributed by atoms with E-state index >= 15 is 0 Å². The van der Waals surface area contributed by atoms with E-state index in [1.54, 1.807) is 19.4 Å². The molecule has 3 aliphatic rings. The summed E-state index contributed by atoms with van der Waals surface area (Å²) >= 11 is 0. The summed E-state index contributed by atoms with van der Waals surface area (Å²) in [5.74, 6) is 1.44. The summed E-state index contributed by atoms with van der Waals surface area (Å²) in [6, 6.07) is 12.8. The van der Waals surface area contributed by atoms with Crippen LogP contribution in [0.15, 0.2) is 42.6 Å². The molecule has 194 valence electrons. The minimum absolute atomic E-state index is 0.0273. The topological polar surface area (TPSA) is 67.4 Å². The number of benzene rings is 1. The molecule has 1 aromatic heterocycles. The van der Waals surface area contributed by atoms with Crippen LogP contribution in [0.5, 0.6) is 11.6 Å². The van der Waals surface area contributed by atoms with Crippen LogP contribution in [0.4, 0.5) is 11.4 Å². The molecule has 5 rings (SSSR count). The zero-order valence-electron chi connectivity index (χ0n) is 21.5. The SMILES string of the molecule is COc1ccc(N2CC3(CCN(c4ccc(OCCCN5CCC[C@H]5C)cc4)CC3)OCC2=O)cn1. The molecule has 4 heterocycles. The van der Waals surface area contributed by atoms with Crippen molar-refractivity contribution in [1.29, 1.82) is 0 Å². The molecule has 0 unspecified atom stereocenters. The second-order valence-electron chi connectivity index (χ2n) is 10.2. The van der Waals surface area contributed by atoms with Crippen LogP contribution in [0.3, 0.4) is 0 Å². The summed E-state index contributed by atoms with van der Waals surface area (Å²) in [5, 5.41) is 0. The Morgan fingerprint density at radius 1 is 1.08 bits per heavy atom. The molecule has 0 N–H and O–H groups in total. The molecule has 1 amide bonds. The standard InChI is InChI=1S/C28H38N4O4/c1-22-5-3-14-30(22)15-4-18-35-25-9-6-23(7-10-25)31-16-12-28(13-17-31)21-32(27(33)20-36-28)24-8-11-26(34-2)29-19-24/h6-11,19,22H,3-5,12-18,20-21H2,1-2H3/t22-/m1/s1. The first-order chi connectivity index (χ1) is 17.5. The molecule has 1 spiro atoms. The van der Waals surface area contributed by atoms with E-state index in [9.17, 15) is 4.79 Å². The Kier molecular flexibility index (Phi) is 7.62. The second kappa shape index (κ2) is 11.0. The predicted octanol–water partition coefficient (Wildman–Crippen LogP) is 3.75. The number of hydrogen-bond acceptors (Lipinski definition) is 7. The van der Waals surface area contributed by atoms with E-state index in [-0.39, 0.29) is 18.1 Å². The van der Waals surface area contributed by atoms with Crippen molar-refractivity contribution in [3.8, 4) is 11.6 Å². The van der Waals surface area contributed by atoms with E-state index in [2.05, 4.69) is 46.0 Å². The molecule has 0 saturated carbocycles. The number of carbonyl (C=O) groups is 1. The quantitative estimate of drug-likeness (QED) is 0.518. The highest BCUT2D eigenvalue weighted by atomic mass is 16.5. The largest absolute Gasteiger partial charge is 0.494 e. The number of nitrogens with zero attached hydrogens (tertiary/aromatic N) is 4. The van der Waals surface area contributed by atoms with Gasteiger partial charge in [0.1, 0.15) is 12.4 Å². The number of morpholine rings is 1. The average molecular weight is 495 g/mol. The smallest absolute Gasteiger partial charge is 0.253 e.